The second-order valence-electron chi connectivity index (χ2n) is 2.74. The van der Waals surface area contributed by atoms with Crippen molar-refractivity contribution in [2.75, 3.05) is 0 Å². The SMILES string of the molecule is [B]NC(=O)c1ccc2ccncc2n1. The van der Waals surface area contributed by atoms with Gasteiger partial charge in [-0.3, -0.25) is 9.78 Å². The van der Waals surface area contributed by atoms with Gasteiger partial charge in [-0.2, -0.15) is 0 Å². The third-order valence-electron chi connectivity index (χ3n) is 1.86. The predicted molar refractivity (Wildman–Crippen MR) is 52.8 cm³/mol. The van der Waals surface area contributed by atoms with Crippen LogP contribution in [0, 0.1) is 0 Å². The topological polar surface area (TPSA) is 54.9 Å². The van der Waals surface area contributed by atoms with Gasteiger partial charge >= 0.3 is 0 Å². The zero-order valence-corrected chi connectivity index (χ0v) is 7.27. The largest absolute Gasteiger partial charge is 0.404 e. The second kappa shape index (κ2) is 3.45. The molecule has 2 aromatic heterocycles. The molecule has 0 aliphatic rings. The Balaban J connectivity index is 2.56. The maximum Gasteiger partial charge on any atom is 0.257 e. The minimum atomic E-state index is -0.407. The molecule has 2 heterocycles. The Morgan fingerprint density at radius 1 is 1.36 bits per heavy atom. The lowest BCUT2D eigenvalue weighted by molar-refractivity contribution is 0.0977. The summed E-state index contributed by atoms with van der Waals surface area (Å²) >= 11 is 0. The molecular weight excluding hydrogens is 177 g/mol. The first-order chi connectivity index (χ1) is 6.81. The van der Waals surface area contributed by atoms with Crippen LogP contribution in [0.4, 0.5) is 0 Å². The summed E-state index contributed by atoms with van der Waals surface area (Å²) in [6.45, 7) is 0. The molecule has 0 unspecified atom stereocenters. The van der Waals surface area contributed by atoms with Crippen molar-refractivity contribution in [1.29, 1.82) is 0 Å². The van der Waals surface area contributed by atoms with E-state index in [1.54, 1.807) is 24.5 Å². The first-order valence-electron chi connectivity index (χ1n) is 4.03. The summed E-state index contributed by atoms with van der Waals surface area (Å²) in [6.07, 6.45) is 3.27. The summed E-state index contributed by atoms with van der Waals surface area (Å²) < 4.78 is 0. The highest BCUT2D eigenvalue weighted by atomic mass is 16.1. The lowest BCUT2D eigenvalue weighted by atomic mass is 10.2. The van der Waals surface area contributed by atoms with Crippen molar-refractivity contribution in [3.8, 4) is 0 Å². The molecule has 0 aliphatic heterocycles. The predicted octanol–water partition coefficient (Wildman–Crippen LogP) is 0.443. The molecule has 0 aliphatic carbocycles. The lowest BCUT2D eigenvalue weighted by Gasteiger charge is -2.00. The third kappa shape index (κ3) is 1.44. The minimum Gasteiger partial charge on any atom is -0.404 e. The van der Waals surface area contributed by atoms with E-state index in [1.165, 1.54) is 0 Å². The number of rotatable bonds is 1. The molecule has 0 fully saturated rings. The fraction of sp³-hybridized carbons (Fsp3) is 0. The maximum absolute atomic E-state index is 11.1. The Bertz CT molecular complexity index is 486. The lowest BCUT2D eigenvalue weighted by Crippen LogP contribution is -2.20. The number of fused-ring (bicyclic) bond motifs is 1. The van der Waals surface area contributed by atoms with Crippen molar-refractivity contribution < 1.29 is 4.79 Å². The molecule has 1 amide bonds. The second-order valence-corrected chi connectivity index (χ2v) is 2.74. The standard InChI is InChI=1S/C9H6BN3O/c10-13-9(14)7-2-1-6-3-4-11-5-8(6)12-7/h1-5H,(H,13,14). The van der Waals surface area contributed by atoms with Crippen LogP contribution in [0.2, 0.25) is 0 Å². The Morgan fingerprint density at radius 3 is 3.00 bits per heavy atom. The van der Waals surface area contributed by atoms with E-state index >= 15 is 0 Å². The Morgan fingerprint density at radius 2 is 2.21 bits per heavy atom. The monoisotopic (exact) mass is 183 g/mol. The molecule has 0 saturated heterocycles. The van der Waals surface area contributed by atoms with Crippen molar-refractivity contribution in [2.45, 2.75) is 0 Å². The summed E-state index contributed by atoms with van der Waals surface area (Å²) in [5.41, 5.74) is 0.960. The van der Waals surface area contributed by atoms with Crippen molar-refractivity contribution in [1.82, 2.24) is 15.2 Å². The molecule has 0 spiro atoms. The number of aromatic nitrogens is 2. The summed E-state index contributed by atoms with van der Waals surface area (Å²) in [7, 11) is 4.99. The first-order valence-corrected chi connectivity index (χ1v) is 4.03. The molecule has 0 bridgehead atoms. The summed E-state index contributed by atoms with van der Waals surface area (Å²) in [5, 5.41) is 2.96. The molecule has 2 rings (SSSR count). The fourth-order valence-corrected chi connectivity index (χ4v) is 1.17. The zero-order chi connectivity index (χ0) is 9.97. The summed E-state index contributed by atoms with van der Waals surface area (Å²) in [4.78, 5) is 19.1. The van der Waals surface area contributed by atoms with E-state index in [0.717, 1.165) is 5.39 Å². The van der Waals surface area contributed by atoms with Gasteiger partial charge in [0.1, 0.15) is 5.69 Å². The molecule has 14 heavy (non-hydrogen) atoms. The first kappa shape index (κ1) is 8.68. The van der Waals surface area contributed by atoms with Gasteiger partial charge in [0.05, 0.1) is 11.7 Å². The van der Waals surface area contributed by atoms with Crippen LogP contribution >= 0.6 is 0 Å². The summed E-state index contributed by atoms with van der Waals surface area (Å²) in [5.74, 6) is -0.407. The van der Waals surface area contributed by atoms with Gasteiger partial charge in [-0.05, 0) is 12.1 Å². The minimum absolute atomic E-state index is 0.285. The molecule has 0 aromatic carbocycles. The molecule has 0 atom stereocenters. The van der Waals surface area contributed by atoms with Crippen LogP contribution in [-0.4, -0.2) is 23.9 Å². The Hall–Kier alpha value is -1.91. The number of nitrogens with one attached hydrogen (secondary N) is 1. The van der Waals surface area contributed by atoms with Gasteiger partial charge in [-0.25, -0.2) is 4.98 Å². The number of amides is 1. The van der Waals surface area contributed by atoms with Crippen LogP contribution in [0.15, 0.2) is 30.6 Å². The number of carbonyl (C=O) groups is 1. The van der Waals surface area contributed by atoms with E-state index in [2.05, 4.69) is 9.97 Å². The molecule has 2 aromatic rings. The quantitative estimate of drug-likeness (QED) is 0.652. The van der Waals surface area contributed by atoms with Crippen molar-refractivity contribution in [3.63, 3.8) is 0 Å². The van der Waals surface area contributed by atoms with Crippen LogP contribution in [0.1, 0.15) is 10.5 Å². The zero-order valence-electron chi connectivity index (χ0n) is 7.27. The molecule has 1 N–H and O–H groups in total. The van der Waals surface area contributed by atoms with Crippen LogP contribution in [0.3, 0.4) is 0 Å². The van der Waals surface area contributed by atoms with E-state index in [1.807, 2.05) is 11.3 Å². The van der Waals surface area contributed by atoms with Crippen molar-refractivity contribution in [3.05, 3.63) is 36.3 Å². The van der Waals surface area contributed by atoms with Crippen LogP contribution in [-0.2, 0) is 0 Å². The maximum atomic E-state index is 11.1. The molecular formula is C9H6BN3O. The van der Waals surface area contributed by atoms with Crippen molar-refractivity contribution in [2.24, 2.45) is 0 Å². The molecule has 0 saturated carbocycles. The van der Waals surface area contributed by atoms with Crippen LogP contribution < -0.4 is 5.23 Å². The molecule has 4 nitrogen and oxygen atoms in total. The van der Waals surface area contributed by atoms with Gasteiger partial charge in [-0.15, -0.1) is 0 Å². The normalized spacial score (nSPS) is 10.0. The highest BCUT2D eigenvalue weighted by Crippen LogP contribution is 2.09. The smallest absolute Gasteiger partial charge is 0.257 e. The highest BCUT2D eigenvalue weighted by molar-refractivity contribution is 6.17. The highest BCUT2D eigenvalue weighted by Gasteiger charge is 2.04. The van der Waals surface area contributed by atoms with E-state index in [4.69, 9.17) is 7.98 Å². The molecule has 66 valence electrons. The van der Waals surface area contributed by atoms with Gasteiger partial charge in [0, 0.05) is 11.6 Å². The van der Waals surface area contributed by atoms with Gasteiger partial charge < -0.3 is 5.23 Å². The van der Waals surface area contributed by atoms with Gasteiger partial charge in [0.25, 0.3) is 5.91 Å². The van der Waals surface area contributed by atoms with E-state index in [-0.39, 0.29) is 5.69 Å². The van der Waals surface area contributed by atoms with E-state index in [0.29, 0.717) is 5.52 Å². The summed E-state index contributed by atoms with van der Waals surface area (Å²) in [6, 6.07) is 5.24. The number of hydrogen-bond acceptors (Lipinski definition) is 3. The van der Waals surface area contributed by atoms with Gasteiger partial charge in [0.15, 0.2) is 0 Å². The average molecular weight is 183 g/mol. The number of carbonyl (C=O) groups excluding carboxylic acids is 1. The van der Waals surface area contributed by atoms with Crippen LogP contribution in [0.5, 0.6) is 0 Å². The number of nitrogens with zero attached hydrogens (tertiary/aromatic N) is 2. The third-order valence-corrected chi connectivity index (χ3v) is 1.86. The molecule has 2 radical (unpaired) electrons. The van der Waals surface area contributed by atoms with Gasteiger partial charge in [0.2, 0.25) is 7.98 Å². The number of hydrogen-bond donors (Lipinski definition) is 1. The Labute approximate surface area is 81.8 Å². The van der Waals surface area contributed by atoms with E-state index < -0.39 is 5.91 Å². The number of pyridine rings is 2. The van der Waals surface area contributed by atoms with Crippen molar-refractivity contribution >= 4 is 24.8 Å². The van der Waals surface area contributed by atoms with E-state index in [9.17, 15) is 4.79 Å². The van der Waals surface area contributed by atoms with Crippen LogP contribution in [0.25, 0.3) is 10.9 Å². The molecule has 5 heteroatoms. The average Bonchev–Trinajstić information content (AvgIpc) is 2.27. The fourth-order valence-electron chi connectivity index (χ4n) is 1.17. The van der Waals surface area contributed by atoms with Gasteiger partial charge in [-0.1, -0.05) is 6.07 Å². The Kier molecular flexibility index (Phi) is 2.14.